The maximum absolute atomic E-state index is 11.5. The van der Waals surface area contributed by atoms with Crippen LogP contribution in [0.15, 0.2) is 42.9 Å². The van der Waals surface area contributed by atoms with E-state index in [-0.39, 0.29) is 24.5 Å². The number of carbonyl (C=O) groups is 1. The third-order valence-electron chi connectivity index (χ3n) is 4.96. The zero-order chi connectivity index (χ0) is 18.8. The van der Waals surface area contributed by atoms with E-state index in [1.165, 1.54) is 0 Å². The van der Waals surface area contributed by atoms with Crippen molar-refractivity contribution < 1.29 is 14.6 Å². The number of aliphatic hydroxyl groups excluding tert-OH is 1. The first kappa shape index (κ1) is 17.5. The summed E-state index contributed by atoms with van der Waals surface area (Å²) in [6, 6.07) is 7.87. The molecular weight excluding hydrogens is 344 g/mol. The molecule has 1 aromatic carbocycles. The number of carbonyl (C=O) groups excluding carboxylic acids is 1. The lowest BCUT2D eigenvalue weighted by atomic mass is 10.0. The normalized spacial score (nSPS) is 17.9. The molecule has 0 aliphatic carbocycles. The van der Waals surface area contributed by atoms with Crippen LogP contribution < -0.4 is 10.1 Å². The topological polar surface area (TPSA) is 89.3 Å². The number of nitrogens with zero attached hydrogens (tertiary/aromatic N) is 3. The van der Waals surface area contributed by atoms with Gasteiger partial charge in [0.25, 0.3) is 0 Å². The Morgan fingerprint density at radius 2 is 2.30 bits per heavy atom. The number of pyridine rings is 1. The van der Waals surface area contributed by atoms with Gasteiger partial charge in [0.05, 0.1) is 24.9 Å². The van der Waals surface area contributed by atoms with Gasteiger partial charge in [0, 0.05) is 42.2 Å². The summed E-state index contributed by atoms with van der Waals surface area (Å²) in [4.78, 5) is 16.0. The fourth-order valence-corrected chi connectivity index (χ4v) is 3.41. The minimum absolute atomic E-state index is 0.0421. The smallest absolute Gasteiger partial charge is 0.220 e. The molecule has 140 valence electrons. The number of nitrogens with one attached hydrogen (secondary N) is 1. The van der Waals surface area contributed by atoms with Crippen LogP contribution in [0.25, 0.3) is 22.0 Å². The molecule has 1 aliphatic rings. The van der Waals surface area contributed by atoms with Gasteiger partial charge in [-0.15, -0.1) is 0 Å². The average Bonchev–Trinajstić information content (AvgIpc) is 3.31. The lowest BCUT2D eigenvalue weighted by Gasteiger charge is -2.21. The van der Waals surface area contributed by atoms with E-state index >= 15 is 0 Å². The molecule has 2 atom stereocenters. The van der Waals surface area contributed by atoms with Crippen molar-refractivity contribution in [3.8, 4) is 16.9 Å². The van der Waals surface area contributed by atoms with Crippen LogP contribution in [0.5, 0.6) is 5.75 Å². The zero-order valence-electron chi connectivity index (χ0n) is 15.1. The van der Waals surface area contributed by atoms with E-state index < -0.39 is 0 Å². The van der Waals surface area contributed by atoms with Gasteiger partial charge in [-0.3, -0.25) is 14.5 Å². The summed E-state index contributed by atoms with van der Waals surface area (Å²) in [7, 11) is 0. The minimum atomic E-state index is -0.0975. The molecule has 3 aromatic rings. The summed E-state index contributed by atoms with van der Waals surface area (Å²) >= 11 is 0. The van der Waals surface area contributed by atoms with E-state index in [9.17, 15) is 4.79 Å². The Hall–Kier alpha value is -2.93. The molecule has 0 radical (unpaired) electrons. The van der Waals surface area contributed by atoms with E-state index in [4.69, 9.17) is 9.84 Å². The lowest BCUT2D eigenvalue weighted by Crippen LogP contribution is -2.25. The first-order valence-electron chi connectivity index (χ1n) is 9.10. The van der Waals surface area contributed by atoms with Crippen molar-refractivity contribution in [1.29, 1.82) is 0 Å². The molecular formula is C20H22N4O3. The lowest BCUT2D eigenvalue weighted by molar-refractivity contribution is -0.119. The van der Waals surface area contributed by atoms with Crippen molar-refractivity contribution in [2.75, 3.05) is 13.2 Å². The Bertz CT molecular complexity index is 969. The standard InChI is InChI=1S/C20H22N4O3/c1-13(15-9-20(26)22-10-15)27-19-8-14(7-18-17(19)3-2-4-21-18)16-11-23-24(12-16)5-6-25/h2-4,7-8,11-13,15,25H,5-6,9-10H2,1H3,(H,22,26). The maximum Gasteiger partial charge on any atom is 0.220 e. The van der Waals surface area contributed by atoms with E-state index in [1.54, 1.807) is 17.1 Å². The fourth-order valence-electron chi connectivity index (χ4n) is 3.41. The molecule has 0 bridgehead atoms. The molecule has 1 aliphatic heterocycles. The van der Waals surface area contributed by atoms with Gasteiger partial charge in [-0.2, -0.15) is 5.10 Å². The predicted molar refractivity (Wildman–Crippen MR) is 101 cm³/mol. The summed E-state index contributed by atoms with van der Waals surface area (Å²) in [6.45, 7) is 3.14. The van der Waals surface area contributed by atoms with Crippen LogP contribution >= 0.6 is 0 Å². The number of amides is 1. The highest BCUT2D eigenvalue weighted by Gasteiger charge is 2.28. The minimum Gasteiger partial charge on any atom is -0.490 e. The quantitative estimate of drug-likeness (QED) is 0.696. The molecule has 27 heavy (non-hydrogen) atoms. The van der Waals surface area contributed by atoms with Gasteiger partial charge in [0.1, 0.15) is 11.9 Å². The number of fused-ring (bicyclic) bond motifs is 1. The highest BCUT2D eigenvalue weighted by molar-refractivity contribution is 5.90. The molecule has 3 heterocycles. The zero-order valence-corrected chi connectivity index (χ0v) is 15.1. The second kappa shape index (κ2) is 7.36. The van der Waals surface area contributed by atoms with Crippen molar-refractivity contribution >= 4 is 16.8 Å². The van der Waals surface area contributed by atoms with Crippen LogP contribution in [0.1, 0.15) is 13.3 Å². The summed E-state index contributed by atoms with van der Waals surface area (Å²) in [6.07, 6.45) is 5.82. The van der Waals surface area contributed by atoms with Gasteiger partial charge in [-0.25, -0.2) is 0 Å². The summed E-state index contributed by atoms with van der Waals surface area (Å²) in [5.74, 6) is 0.976. The number of hydrogen-bond donors (Lipinski definition) is 2. The molecule has 1 fully saturated rings. The van der Waals surface area contributed by atoms with Crippen LogP contribution in [0.2, 0.25) is 0 Å². The number of ether oxygens (including phenoxy) is 1. The van der Waals surface area contributed by atoms with Crippen LogP contribution in [0, 0.1) is 5.92 Å². The molecule has 7 nitrogen and oxygen atoms in total. The number of aromatic nitrogens is 3. The Kier molecular flexibility index (Phi) is 4.77. The molecule has 0 saturated carbocycles. The van der Waals surface area contributed by atoms with Crippen LogP contribution in [-0.2, 0) is 11.3 Å². The van der Waals surface area contributed by atoms with Crippen LogP contribution in [0.4, 0.5) is 0 Å². The molecule has 4 rings (SSSR count). The average molecular weight is 366 g/mol. The molecule has 7 heteroatoms. The highest BCUT2D eigenvalue weighted by Crippen LogP contribution is 2.33. The summed E-state index contributed by atoms with van der Waals surface area (Å²) < 4.78 is 7.98. The molecule has 1 saturated heterocycles. The number of hydrogen-bond acceptors (Lipinski definition) is 5. The SMILES string of the molecule is CC(Oc1cc(-c2cnn(CCO)c2)cc2ncccc12)C1CNC(=O)C1. The molecule has 1 amide bonds. The number of rotatable bonds is 6. The monoisotopic (exact) mass is 366 g/mol. The van der Waals surface area contributed by atoms with E-state index in [0.717, 1.165) is 27.8 Å². The largest absolute Gasteiger partial charge is 0.490 e. The number of aliphatic hydroxyl groups is 1. The van der Waals surface area contributed by atoms with Crippen molar-refractivity contribution in [3.05, 3.63) is 42.9 Å². The predicted octanol–water partition coefficient (Wildman–Crippen LogP) is 1.99. The second-order valence-electron chi connectivity index (χ2n) is 6.85. The van der Waals surface area contributed by atoms with Crippen molar-refractivity contribution in [3.63, 3.8) is 0 Å². The Morgan fingerprint density at radius 1 is 1.41 bits per heavy atom. The first-order chi connectivity index (χ1) is 13.1. The second-order valence-corrected chi connectivity index (χ2v) is 6.85. The molecule has 0 spiro atoms. The van der Waals surface area contributed by atoms with Crippen molar-refractivity contribution in [2.45, 2.75) is 26.0 Å². The summed E-state index contributed by atoms with van der Waals surface area (Å²) in [5, 5.41) is 17.2. The first-order valence-corrected chi connectivity index (χ1v) is 9.10. The van der Waals surface area contributed by atoms with Gasteiger partial charge in [-0.1, -0.05) is 0 Å². The Labute approximate surface area is 157 Å². The van der Waals surface area contributed by atoms with Gasteiger partial charge >= 0.3 is 0 Å². The fraction of sp³-hybridized carbons (Fsp3) is 0.350. The maximum atomic E-state index is 11.5. The third kappa shape index (κ3) is 3.64. The van der Waals surface area contributed by atoms with E-state index in [1.807, 2.05) is 37.4 Å². The molecule has 2 aromatic heterocycles. The van der Waals surface area contributed by atoms with Crippen LogP contribution in [0.3, 0.4) is 0 Å². The molecule has 2 unspecified atom stereocenters. The van der Waals surface area contributed by atoms with E-state index in [0.29, 0.717) is 19.5 Å². The summed E-state index contributed by atoms with van der Waals surface area (Å²) in [5.41, 5.74) is 2.73. The number of benzene rings is 1. The van der Waals surface area contributed by atoms with Crippen molar-refractivity contribution in [2.24, 2.45) is 5.92 Å². The van der Waals surface area contributed by atoms with Gasteiger partial charge in [-0.05, 0) is 36.8 Å². The van der Waals surface area contributed by atoms with Crippen molar-refractivity contribution in [1.82, 2.24) is 20.1 Å². The molecule has 2 N–H and O–H groups in total. The van der Waals surface area contributed by atoms with Crippen LogP contribution in [-0.4, -0.2) is 45.0 Å². The van der Waals surface area contributed by atoms with E-state index in [2.05, 4.69) is 15.4 Å². The Morgan fingerprint density at radius 3 is 3.07 bits per heavy atom. The Balaban J connectivity index is 1.68. The van der Waals surface area contributed by atoms with Gasteiger partial charge in [0.2, 0.25) is 5.91 Å². The third-order valence-corrected chi connectivity index (χ3v) is 4.96. The highest BCUT2D eigenvalue weighted by atomic mass is 16.5. The van der Waals surface area contributed by atoms with Gasteiger partial charge in [0.15, 0.2) is 0 Å². The van der Waals surface area contributed by atoms with Gasteiger partial charge < -0.3 is 15.2 Å².